The first kappa shape index (κ1) is 15.5. The van der Waals surface area contributed by atoms with Crippen LogP contribution in [0.2, 0.25) is 0 Å². The van der Waals surface area contributed by atoms with E-state index in [0.717, 1.165) is 0 Å². The van der Waals surface area contributed by atoms with Crippen molar-refractivity contribution < 1.29 is 24.0 Å². The summed E-state index contributed by atoms with van der Waals surface area (Å²) in [6, 6.07) is 4.40. The van der Waals surface area contributed by atoms with Gasteiger partial charge in [-0.1, -0.05) is 5.16 Å². The molecule has 0 atom stereocenters. The van der Waals surface area contributed by atoms with E-state index in [-0.39, 0.29) is 30.0 Å². The summed E-state index contributed by atoms with van der Waals surface area (Å²) in [6.07, 6.45) is 0.387. The van der Waals surface area contributed by atoms with E-state index in [1.54, 1.807) is 13.0 Å². The number of nitrogens with one attached hydrogen (secondary N) is 1. The second-order valence-corrected chi connectivity index (χ2v) is 4.50. The highest BCUT2D eigenvalue weighted by Gasteiger charge is 2.14. The van der Waals surface area contributed by atoms with E-state index in [0.29, 0.717) is 17.5 Å². The van der Waals surface area contributed by atoms with Crippen LogP contribution < -0.4 is 10.1 Å². The van der Waals surface area contributed by atoms with Gasteiger partial charge in [0.25, 0.3) is 0 Å². The number of benzene rings is 1. The van der Waals surface area contributed by atoms with Gasteiger partial charge < -0.3 is 19.7 Å². The van der Waals surface area contributed by atoms with Crippen molar-refractivity contribution in [1.82, 2.24) is 10.1 Å². The number of carbonyl (C=O) groups excluding carboxylic acids is 1. The molecule has 116 valence electrons. The maximum atomic E-state index is 11.9. The summed E-state index contributed by atoms with van der Waals surface area (Å²) in [6.45, 7) is 1.68. The number of hydrogen-bond donors (Lipinski definition) is 2. The number of ether oxygens (including phenoxy) is 1. The Morgan fingerprint density at radius 1 is 1.41 bits per heavy atom. The Balaban J connectivity index is 2.03. The summed E-state index contributed by atoms with van der Waals surface area (Å²) in [5.74, 6) is -0.235. The number of methoxy groups -OCH3 is 1. The van der Waals surface area contributed by atoms with Gasteiger partial charge in [0.1, 0.15) is 5.75 Å². The predicted molar refractivity (Wildman–Crippen MR) is 75.9 cm³/mol. The molecular weight excluding hydrogens is 290 g/mol. The van der Waals surface area contributed by atoms with Crippen molar-refractivity contribution in [2.45, 2.75) is 19.8 Å². The van der Waals surface area contributed by atoms with Gasteiger partial charge in [0, 0.05) is 12.8 Å². The molecule has 8 heteroatoms. The number of hydrogen-bond acceptors (Lipinski definition) is 6. The van der Waals surface area contributed by atoms with Gasteiger partial charge in [-0.2, -0.15) is 4.98 Å². The van der Waals surface area contributed by atoms with E-state index in [9.17, 15) is 9.59 Å². The van der Waals surface area contributed by atoms with Crippen molar-refractivity contribution in [1.29, 1.82) is 0 Å². The largest absolute Gasteiger partial charge is 0.497 e. The van der Waals surface area contributed by atoms with Crippen molar-refractivity contribution in [3.63, 3.8) is 0 Å². The number of carboxylic acid groups (broad SMARTS) is 1. The van der Waals surface area contributed by atoms with Gasteiger partial charge in [-0.3, -0.25) is 4.79 Å². The molecule has 0 fully saturated rings. The van der Waals surface area contributed by atoms with Gasteiger partial charge in [-0.25, -0.2) is 4.79 Å². The zero-order valence-electron chi connectivity index (χ0n) is 12.1. The first-order valence-electron chi connectivity index (χ1n) is 6.50. The molecule has 0 saturated carbocycles. The average Bonchev–Trinajstić information content (AvgIpc) is 2.91. The van der Waals surface area contributed by atoms with Crippen LogP contribution in [0.25, 0.3) is 0 Å². The summed E-state index contributed by atoms with van der Waals surface area (Å²) in [5.41, 5.74) is 0.168. The smallest absolute Gasteiger partial charge is 0.337 e. The molecule has 22 heavy (non-hydrogen) atoms. The minimum absolute atomic E-state index is 0.0404. The normalized spacial score (nSPS) is 10.3. The molecule has 0 aliphatic carbocycles. The number of rotatable bonds is 6. The fourth-order valence-corrected chi connectivity index (χ4v) is 1.81. The van der Waals surface area contributed by atoms with Crippen LogP contribution in [0.3, 0.4) is 0 Å². The molecule has 8 nitrogen and oxygen atoms in total. The van der Waals surface area contributed by atoms with Crippen molar-refractivity contribution >= 4 is 17.6 Å². The molecule has 1 amide bonds. The molecular formula is C14H15N3O5. The zero-order chi connectivity index (χ0) is 16.1. The van der Waals surface area contributed by atoms with Crippen molar-refractivity contribution in [3.8, 4) is 5.75 Å². The third-order valence-electron chi connectivity index (χ3n) is 2.87. The Bertz CT molecular complexity index is 696. The fourth-order valence-electron chi connectivity index (χ4n) is 1.81. The van der Waals surface area contributed by atoms with Crippen LogP contribution >= 0.6 is 0 Å². The molecule has 2 aromatic rings. The Morgan fingerprint density at radius 2 is 2.18 bits per heavy atom. The minimum atomic E-state index is -1.15. The maximum Gasteiger partial charge on any atom is 0.337 e. The fraction of sp³-hybridized carbons (Fsp3) is 0.286. The Morgan fingerprint density at radius 3 is 2.77 bits per heavy atom. The average molecular weight is 305 g/mol. The third kappa shape index (κ3) is 3.81. The standard InChI is InChI=1S/C14H15N3O5/c1-8-15-13(22-17-8)6-5-12(18)16-11-4-3-9(21-2)7-10(11)14(19)20/h3-4,7H,5-6H2,1-2H3,(H,16,18)(H,19,20). The van der Waals surface area contributed by atoms with E-state index >= 15 is 0 Å². The highest BCUT2D eigenvalue weighted by molar-refractivity contribution is 6.00. The summed E-state index contributed by atoms with van der Waals surface area (Å²) in [4.78, 5) is 27.1. The number of anilines is 1. The summed E-state index contributed by atoms with van der Waals surface area (Å²) >= 11 is 0. The number of nitrogens with zero attached hydrogens (tertiary/aromatic N) is 2. The van der Waals surface area contributed by atoms with Crippen molar-refractivity contribution in [2.75, 3.05) is 12.4 Å². The lowest BCUT2D eigenvalue weighted by Crippen LogP contribution is -2.15. The molecule has 0 bridgehead atoms. The van der Waals surface area contributed by atoms with Gasteiger partial charge in [0.15, 0.2) is 5.82 Å². The van der Waals surface area contributed by atoms with Gasteiger partial charge in [0.2, 0.25) is 11.8 Å². The van der Waals surface area contributed by atoms with E-state index in [1.165, 1.54) is 19.2 Å². The Hall–Kier alpha value is -2.90. The maximum absolute atomic E-state index is 11.9. The van der Waals surface area contributed by atoms with E-state index < -0.39 is 5.97 Å². The highest BCUT2D eigenvalue weighted by atomic mass is 16.5. The van der Waals surface area contributed by atoms with Crippen LogP contribution in [0.4, 0.5) is 5.69 Å². The van der Waals surface area contributed by atoms with Gasteiger partial charge in [-0.05, 0) is 25.1 Å². The van der Waals surface area contributed by atoms with Crippen LogP contribution in [0.5, 0.6) is 5.75 Å². The lowest BCUT2D eigenvalue weighted by molar-refractivity contribution is -0.116. The van der Waals surface area contributed by atoms with Crippen LogP contribution in [-0.4, -0.2) is 34.2 Å². The summed E-state index contributed by atoms with van der Waals surface area (Å²) in [7, 11) is 1.44. The number of carboxylic acids is 1. The molecule has 0 radical (unpaired) electrons. The molecule has 0 saturated heterocycles. The molecule has 0 aliphatic rings. The minimum Gasteiger partial charge on any atom is -0.497 e. The molecule has 1 aromatic heterocycles. The monoisotopic (exact) mass is 305 g/mol. The SMILES string of the molecule is COc1ccc(NC(=O)CCc2nc(C)no2)c(C(=O)O)c1. The van der Waals surface area contributed by atoms with Crippen molar-refractivity contribution in [3.05, 3.63) is 35.5 Å². The molecule has 2 N–H and O–H groups in total. The number of aromatic nitrogens is 2. The van der Waals surface area contributed by atoms with Crippen LogP contribution in [-0.2, 0) is 11.2 Å². The van der Waals surface area contributed by atoms with Crippen molar-refractivity contribution in [2.24, 2.45) is 0 Å². The predicted octanol–water partition coefficient (Wildman–Crippen LogP) is 1.66. The summed E-state index contributed by atoms with van der Waals surface area (Å²) in [5, 5.41) is 15.3. The van der Waals surface area contributed by atoms with Gasteiger partial charge in [0.05, 0.1) is 18.4 Å². The molecule has 1 aromatic carbocycles. The lowest BCUT2D eigenvalue weighted by atomic mass is 10.1. The quantitative estimate of drug-likeness (QED) is 0.833. The number of carbonyl (C=O) groups is 2. The molecule has 1 heterocycles. The molecule has 0 aliphatic heterocycles. The van der Waals surface area contributed by atoms with E-state index in [1.807, 2.05) is 0 Å². The second kappa shape index (κ2) is 6.70. The van der Waals surface area contributed by atoms with Crippen LogP contribution in [0, 0.1) is 6.92 Å². The highest BCUT2D eigenvalue weighted by Crippen LogP contribution is 2.22. The Kier molecular flexibility index (Phi) is 4.72. The number of aryl methyl sites for hydroxylation is 2. The number of amides is 1. The third-order valence-corrected chi connectivity index (χ3v) is 2.87. The van der Waals surface area contributed by atoms with Gasteiger partial charge >= 0.3 is 5.97 Å². The Labute approximate surface area is 126 Å². The molecule has 0 spiro atoms. The second-order valence-electron chi connectivity index (χ2n) is 4.50. The molecule has 2 rings (SSSR count). The topological polar surface area (TPSA) is 115 Å². The van der Waals surface area contributed by atoms with Gasteiger partial charge in [-0.15, -0.1) is 0 Å². The van der Waals surface area contributed by atoms with Crippen LogP contribution in [0.1, 0.15) is 28.5 Å². The zero-order valence-corrected chi connectivity index (χ0v) is 12.1. The summed E-state index contributed by atoms with van der Waals surface area (Å²) < 4.78 is 9.87. The molecule has 0 unspecified atom stereocenters. The first-order valence-corrected chi connectivity index (χ1v) is 6.50. The van der Waals surface area contributed by atoms with Crippen LogP contribution in [0.15, 0.2) is 22.7 Å². The first-order chi connectivity index (χ1) is 10.5. The van der Waals surface area contributed by atoms with E-state index in [4.69, 9.17) is 14.4 Å². The number of aromatic carboxylic acids is 1. The van der Waals surface area contributed by atoms with E-state index in [2.05, 4.69) is 15.5 Å². The lowest BCUT2D eigenvalue weighted by Gasteiger charge is -2.09.